The lowest BCUT2D eigenvalue weighted by atomic mass is 10.1. The molecule has 0 spiro atoms. The molecule has 0 radical (unpaired) electrons. The van der Waals surface area contributed by atoms with Gasteiger partial charge in [-0.1, -0.05) is 13.8 Å². The number of aldehydes is 1. The summed E-state index contributed by atoms with van der Waals surface area (Å²) in [6.45, 7) is 7.86. The van der Waals surface area contributed by atoms with Crippen LogP contribution in [0.25, 0.3) is 10.2 Å². The SMILES string of the molecule is Cc1c(C=O)sc2c1c(=O)n(CC(C)C)c(=O)n2CC1COC1. The molecule has 124 valence electrons. The molecule has 0 N–H and O–H groups in total. The monoisotopic (exact) mass is 336 g/mol. The Bertz CT molecular complexity index is 871. The largest absolute Gasteiger partial charge is 0.381 e. The summed E-state index contributed by atoms with van der Waals surface area (Å²) in [6.07, 6.45) is 0.757. The van der Waals surface area contributed by atoms with Crippen molar-refractivity contribution in [3.05, 3.63) is 31.3 Å². The molecule has 2 aromatic rings. The minimum absolute atomic E-state index is 0.183. The first-order valence-corrected chi connectivity index (χ1v) is 8.55. The summed E-state index contributed by atoms with van der Waals surface area (Å²) in [5, 5.41) is 0.498. The molecule has 2 aromatic heterocycles. The topological polar surface area (TPSA) is 70.3 Å². The van der Waals surface area contributed by atoms with Gasteiger partial charge in [-0.15, -0.1) is 11.3 Å². The Morgan fingerprint density at radius 3 is 2.52 bits per heavy atom. The van der Waals surface area contributed by atoms with Crippen LogP contribution in [0.4, 0.5) is 0 Å². The lowest BCUT2D eigenvalue weighted by molar-refractivity contribution is -0.0395. The maximum absolute atomic E-state index is 12.8. The van der Waals surface area contributed by atoms with Crippen molar-refractivity contribution in [1.29, 1.82) is 0 Å². The van der Waals surface area contributed by atoms with Crippen molar-refractivity contribution in [3.8, 4) is 0 Å². The summed E-state index contributed by atoms with van der Waals surface area (Å²) in [5.74, 6) is 0.464. The predicted octanol–water partition coefficient (Wildman–Crippen LogP) is 1.65. The Balaban J connectivity index is 2.31. The average Bonchev–Trinajstić information content (AvgIpc) is 2.78. The van der Waals surface area contributed by atoms with Crippen LogP contribution in [0.3, 0.4) is 0 Å². The molecule has 1 aliphatic heterocycles. The summed E-state index contributed by atoms with van der Waals surface area (Å²) in [7, 11) is 0. The van der Waals surface area contributed by atoms with Gasteiger partial charge in [0.25, 0.3) is 5.56 Å². The fraction of sp³-hybridized carbons (Fsp3) is 0.562. The van der Waals surface area contributed by atoms with Gasteiger partial charge in [0, 0.05) is 19.0 Å². The van der Waals surface area contributed by atoms with E-state index in [2.05, 4.69) is 0 Å². The van der Waals surface area contributed by atoms with Crippen molar-refractivity contribution < 1.29 is 9.53 Å². The first kappa shape index (κ1) is 16.1. The van der Waals surface area contributed by atoms with Crippen LogP contribution in [0.1, 0.15) is 29.1 Å². The molecule has 0 unspecified atom stereocenters. The third kappa shape index (κ3) is 2.68. The number of nitrogens with zero attached hydrogens (tertiary/aromatic N) is 2. The first-order valence-electron chi connectivity index (χ1n) is 7.73. The Hall–Kier alpha value is -1.73. The van der Waals surface area contributed by atoms with Crippen LogP contribution < -0.4 is 11.2 Å². The minimum atomic E-state index is -0.290. The van der Waals surface area contributed by atoms with Gasteiger partial charge in [-0.05, 0) is 18.4 Å². The van der Waals surface area contributed by atoms with E-state index in [9.17, 15) is 14.4 Å². The fourth-order valence-electron chi connectivity index (χ4n) is 2.86. The molecule has 0 atom stereocenters. The summed E-state index contributed by atoms with van der Waals surface area (Å²) < 4.78 is 8.15. The van der Waals surface area contributed by atoms with Gasteiger partial charge in [0.15, 0.2) is 6.29 Å². The van der Waals surface area contributed by atoms with Gasteiger partial charge in [-0.2, -0.15) is 0 Å². The molecule has 0 amide bonds. The molecule has 0 bridgehead atoms. The highest BCUT2D eigenvalue weighted by Crippen LogP contribution is 2.27. The van der Waals surface area contributed by atoms with E-state index in [4.69, 9.17) is 4.74 Å². The number of thiophene rings is 1. The smallest absolute Gasteiger partial charge is 0.332 e. The number of ether oxygens (including phenoxy) is 1. The van der Waals surface area contributed by atoms with Crippen LogP contribution in [0, 0.1) is 18.8 Å². The van der Waals surface area contributed by atoms with Crippen molar-refractivity contribution >= 4 is 27.8 Å². The van der Waals surface area contributed by atoms with Gasteiger partial charge in [-0.25, -0.2) is 4.79 Å². The molecule has 0 aliphatic carbocycles. The number of rotatable bonds is 5. The van der Waals surface area contributed by atoms with Crippen molar-refractivity contribution in [2.75, 3.05) is 13.2 Å². The van der Waals surface area contributed by atoms with E-state index in [1.54, 1.807) is 11.5 Å². The van der Waals surface area contributed by atoms with Crippen LogP contribution in [-0.2, 0) is 17.8 Å². The zero-order valence-corrected chi connectivity index (χ0v) is 14.3. The number of carbonyl (C=O) groups excluding carboxylic acids is 1. The first-order chi connectivity index (χ1) is 10.9. The van der Waals surface area contributed by atoms with E-state index in [1.165, 1.54) is 15.9 Å². The highest BCUT2D eigenvalue weighted by atomic mass is 32.1. The number of fused-ring (bicyclic) bond motifs is 1. The molecule has 7 heteroatoms. The normalized spacial score (nSPS) is 15.3. The Morgan fingerprint density at radius 2 is 2.00 bits per heavy atom. The van der Waals surface area contributed by atoms with Gasteiger partial charge < -0.3 is 4.74 Å². The van der Waals surface area contributed by atoms with Crippen LogP contribution in [0.15, 0.2) is 9.59 Å². The standard InChI is InChI=1S/C16H20N2O4S/c1-9(2)4-17-14(20)13-10(3)12(6-19)23-15(13)18(16(17)21)5-11-7-22-8-11/h6,9,11H,4-5,7-8H2,1-3H3. The second-order valence-electron chi connectivity index (χ2n) is 6.50. The summed E-state index contributed by atoms with van der Waals surface area (Å²) in [5.41, 5.74) is 0.0876. The molecule has 1 fully saturated rings. The van der Waals surface area contributed by atoms with E-state index in [1.807, 2.05) is 13.8 Å². The molecule has 0 saturated carbocycles. The molecule has 1 saturated heterocycles. The third-order valence-corrected chi connectivity index (χ3v) is 5.37. The number of aromatic nitrogens is 2. The van der Waals surface area contributed by atoms with E-state index in [0.717, 1.165) is 6.29 Å². The molecule has 23 heavy (non-hydrogen) atoms. The van der Waals surface area contributed by atoms with Crippen molar-refractivity contribution in [3.63, 3.8) is 0 Å². The zero-order valence-electron chi connectivity index (χ0n) is 13.5. The molecule has 1 aliphatic rings. The van der Waals surface area contributed by atoms with Crippen molar-refractivity contribution in [2.45, 2.75) is 33.9 Å². The van der Waals surface area contributed by atoms with Crippen LogP contribution in [0.5, 0.6) is 0 Å². The van der Waals surface area contributed by atoms with E-state index >= 15 is 0 Å². The number of aryl methyl sites for hydroxylation is 1. The molecule has 6 nitrogen and oxygen atoms in total. The summed E-state index contributed by atoms with van der Waals surface area (Å²) in [4.78, 5) is 38.0. The predicted molar refractivity (Wildman–Crippen MR) is 89.6 cm³/mol. The number of carbonyl (C=O) groups is 1. The van der Waals surface area contributed by atoms with Crippen molar-refractivity contribution in [2.24, 2.45) is 11.8 Å². The molecular formula is C16H20N2O4S. The highest BCUT2D eigenvalue weighted by Gasteiger charge is 2.24. The van der Waals surface area contributed by atoms with Gasteiger partial charge in [-0.3, -0.25) is 18.7 Å². The fourth-order valence-corrected chi connectivity index (χ4v) is 3.98. The summed E-state index contributed by atoms with van der Waals surface area (Å²) in [6, 6.07) is 0. The summed E-state index contributed by atoms with van der Waals surface area (Å²) >= 11 is 1.22. The lowest BCUT2D eigenvalue weighted by Gasteiger charge is -2.27. The molecule has 3 heterocycles. The van der Waals surface area contributed by atoms with Gasteiger partial charge in [0.2, 0.25) is 0 Å². The second-order valence-corrected chi connectivity index (χ2v) is 7.53. The van der Waals surface area contributed by atoms with Crippen LogP contribution in [0.2, 0.25) is 0 Å². The maximum atomic E-state index is 12.8. The van der Waals surface area contributed by atoms with Crippen LogP contribution in [-0.4, -0.2) is 28.6 Å². The third-order valence-electron chi connectivity index (χ3n) is 4.13. The zero-order chi connectivity index (χ0) is 16.7. The number of hydrogen-bond donors (Lipinski definition) is 0. The van der Waals surface area contributed by atoms with E-state index in [0.29, 0.717) is 47.0 Å². The van der Waals surface area contributed by atoms with Crippen LogP contribution >= 0.6 is 11.3 Å². The molecule has 0 aromatic carbocycles. The second kappa shape index (κ2) is 6.05. The number of hydrogen-bond acceptors (Lipinski definition) is 5. The molecular weight excluding hydrogens is 316 g/mol. The Labute approximate surface area is 137 Å². The average molecular weight is 336 g/mol. The maximum Gasteiger partial charge on any atom is 0.332 e. The Morgan fingerprint density at radius 1 is 1.30 bits per heavy atom. The van der Waals surface area contributed by atoms with E-state index in [-0.39, 0.29) is 23.1 Å². The van der Waals surface area contributed by atoms with Gasteiger partial charge >= 0.3 is 5.69 Å². The van der Waals surface area contributed by atoms with Gasteiger partial charge in [0.05, 0.1) is 23.5 Å². The molecule has 3 rings (SSSR count). The minimum Gasteiger partial charge on any atom is -0.381 e. The Kier molecular flexibility index (Phi) is 4.25. The quantitative estimate of drug-likeness (QED) is 0.779. The highest BCUT2D eigenvalue weighted by molar-refractivity contribution is 7.20. The van der Waals surface area contributed by atoms with Crippen molar-refractivity contribution in [1.82, 2.24) is 9.13 Å². The lowest BCUT2D eigenvalue weighted by Crippen LogP contribution is -2.43. The van der Waals surface area contributed by atoms with E-state index < -0.39 is 0 Å². The van der Waals surface area contributed by atoms with Gasteiger partial charge in [0.1, 0.15) is 4.83 Å².